The number of aryl methyl sites for hydroxylation is 1. The van der Waals surface area contributed by atoms with Gasteiger partial charge in [0.05, 0.1) is 11.9 Å². The van der Waals surface area contributed by atoms with Crippen LogP contribution in [0.5, 0.6) is 0 Å². The molecule has 1 rings (SSSR count). The van der Waals surface area contributed by atoms with Crippen LogP contribution in [0, 0.1) is 0 Å². The molecule has 1 N–H and O–H groups in total. The Morgan fingerprint density at radius 2 is 1.95 bits per heavy atom. The Hall–Kier alpha value is -1.07. The third kappa shape index (κ3) is 4.21. The van der Waals surface area contributed by atoms with Gasteiger partial charge in [0.1, 0.15) is 5.02 Å². The Bertz CT molecular complexity index is 462. The standard InChI is InChI=1S/C13H23ClN4O/c1-9(2)18(10(3)4)7-6-15-11-8-16-17(5)13(19)12(11)14/h8-10,15H,6-7H2,1-5H3. The molecule has 0 amide bonds. The van der Waals surface area contributed by atoms with Gasteiger partial charge in [0.25, 0.3) is 5.56 Å². The fourth-order valence-corrected chi connectivity index (χ4v) is 2.30. The Labute approximate surface area is 119 Å². The summed E-state index contributed by atoms with van der Waals surface area (Å²) in [4.78, 5) is 14.0. The molecule has 0 saturated heterocycles. The minimum absolute atomic E-state index is 0.193. The monoisotopic (exact) mass is 286 g/mol. The van der Waals surface area contributed by atoms with Crippen molar-refractivity contribution in [2.24, 2.45) is 7.05 Å². The van der Waals surface area contributed by atoms with Crippen molar-refractivity contribution < 1.29 is 0 Å². The first-order valence-electron chi connectivity index (χ1n) is 6.56. The van der Waals surface area contributed by atoms with Gasteiger partial charge in [0.2, 0.25) is 0 Å². The smallest absolute Gasteiger partial charge is 0.287 e. The van der Waals surface area contributed by atoms with Crippen LogP contribution in [0.3, 0.4) is 0 Å². The van der Waals surface area contributed by atoms with E-state index in [4.69, 9.17) is 11.6 Å². The molecule has 108 valence electrons. The molecule has 0 aliphatic heterocycles. The number of aromatic nitrogens is 2. The van der Waals surface area contributed by atoms with Crippen LogP contribution < -0.4 is 10.9 Å². The Morgan fingerprint density at radius 1 is 1.37 bits per heavy atom. The van der Waals surface area contributed by atoms with Crippen LogP contribution in [0.15, 0.2) is 11.0 Å². The van der Waals surface area contributed by atoms with Gasteiger partial charge in [-0.25, -0.2) is 4.68 Å². The van der Waals surface area contributed by atoms with Gasteiger partial charge in [0.15, 0.2) is 0 Å². The number of nitrogens with one attached hydrogen (secondary N) is 1. The summed E-state index contributed by atoms with van der Waals surface area (Å²) in [5, 5.41) is 7.32. The molecule has 0 spiro atoms. The number of hydrogen-bond donors (Lipinski definition) is 1. The van der Waals surface area contributed by atoms with E-state index in [1.54, 1.807) is 13.2 Å². The predicted octanol–water partition coefficient (Wildman–Crippen LogP) is 1.96. The summed E-state index contributed by atoms with van der Waals surface area (Å²) >= 11 is 5.99. The number of anilines is 1. The van der Waals surface area contributed by atoms with Crippen LogP contribution in [0.4, 0.5) is 5.69 Å². The number of hydrogen-bond acceptors (Lipinski definition) is 4. The molecular weight excluding hydrogens is 264 g/mol. The van der Waals surface area contributed by atoms with Crippen molar-refractivity contribution in [3.05, 3.63) is 21.6 Å². The van der Waals surface area contributed by atoms with Crippen molar-refractivity contribution in [3.63, 3.8) is 0 Å². The van der Waals surface area contributed by atoms with Gasteiger partial charge in [-0.05, 0) is 27.7 Å². The molecular formula is C13H23ClN4O. The van der Waals surface area contributed by atoms with E-state index in [9.17, 15) is 4.79 Å². The lowest BCUT2D eigenvalue weighted by molar-refractivity contribution is 0.182. The SMILES string of the molecule is CC(C)N(CCNc1cnn(C)c(=O)c1Cl)C(C)C. The zero-order valence-electron chi connectivity index (χ0n) is 12.3. The van der Waals surface area contributed by atoms with E-state index in [1.807, 2.05) is 0 Å². The van der Waals surface area contributed by atoms with E-state index < -0.39 is 0 Å². The van der Waals surface area contributed by atoms with Crippen molar-refractivity contribution in [3.8, 4) is 0 Å². The maximum absolute atomic E-state index is 11.6. The average Bonchev–Trinajstić information content (AvgIpc) is 2.33. The second-order valence-electron chi connectivity index (χ2n) is 5.15. The molecule has 0 fully saturated rings. The molecule has 0 radical (unpaired) electrons. The molecule has 1 aromatic heterocycles. The van der Waals surface area contributed by atoms with E-state index in [0.29, 0.717) is 17.8 Å². The molecule has 6 heteroatoms. The highest BCUT2D eigenvalue weighted by Gasteiger charge is 2.13. The molecule has 0 bridgehead atoms. The second kappa shape index (κ2) is 6.91. The van der Waals surface area contributed by atoms with Crippen LogP contribution in [0.25, 0.3) is 0 Å². The fourth-order valence-electron chi connectivity index (χ4n) is 2.07. The normalized spacial score (nSPS) is 11.6. The summed E-state index contributed by atoms with van der Waals surface area (Å²) in [5.74, 6) is 0. The van der Waals surface area contributed by atoms with Crippen molar-refractivity contribution in [1.82, 2.24) is 14.7 Å². The molecule has 0 unspecified atom stereocenters. The summed E-state index contributed by atoms with van der Waals surface area (Å²) in [7, 11) is 1.58. The highest BCUT2D eigenvalue weighted by atomic mass is 35.5. The molecule has 19 heavy (non-hydrogen) atoms. The first-order chi connectivity index (χ1) is 8.84. The number of rotatable bonds is 6. The minimum atomic E-state index is -0.281. The third-order valence-electron chi connectivity index (χ3n) is 3.09. The van der Waals surface area contributed by atoms with Gasteiger partial charge in [-0.2, -0.15) is 5.10 Å². The molecule has 0 saturated carbocycles. The summed E-state index contributed by atoms with van der Waals surface area (Å²) in [6.45, 7) is 10.3. The van der Waals surface area contributed by atoms with E-state index >= 15 is 0 Å². The van der Waals surface area contributed by atoms with Gasteiger partial charge in [-0.1, -0.05) is 11.6 Å². The predicted molar refractivity (Wildman–Crippen MR) is 80.0 cm³/mol. The number of halogens is 1. The quantitative estimate of drug-likeness (QED) is 0.869. The fraction of sp³-hybridized carbons (Fsp3) is 0.692. The van der Waals surface area contributed by atoms with Crippen molar-refractivity contribution in [2.45, 2.75) is 39.8 Å². The molecule has 1 heterocycles. The molecule has 0 aromatic carbocycles. The summed E-state index contributed by atoms with van der Waals surface area (Å²) in [5.41, 5.74) is 0.313. The summed E-state index contributed by atoms with van der Waals surface area (Å²) < 4.78 is 1.22. The average molecular weight is 287 g/mol. The van der Waals surface area contributed by atoms with Gasteiger partial charge < -0.3 is 5.32 Å². The molecule has 5 nitrogen and oxygen atoms in total. The molecule has 0 aliphatic carbocycles. The molecule has 0 atom stereocenters. The van der Waals surface area contributed by atoms with Crippen molar-refractivity contribution in [2.75, 3.05) is 18.4 Å². The molecule has 0 aliphatic rings. The first-order valence-corrected chi connectivity index (χ1v) is 6.93. The Balaban J connectivity index is 2.63. The lowest BCUT2D eigenvalue weighted by atomic mass is 10.2. The number of nitrogens with zero attached hydrogens (tertiary/aromatic N) is 3. The lowest BCUT2D eigenvalue weighted by Gasteiger charge is -2.30. The maximum atomic E-state index is 11.6. The second-order valence-corrected chi connectivity index (χ2v) is 5.53. The maximum Gasteiger partial charge on any atom is 0.287 e. The Kier molecular flexibility index (Phi) is 5.82. The summed E-state index contributed by atoms with van der Waals surface area (Å²) in [6.07, 6.45) is 1.58. The minimum Gasteiger partial charge on any atom is -0.381 e. The summed E-state index contributed by atoms with van der Waals surface area (Å²) in [6, 6.07) is 0.970. The largest absolute Gasteiger partial charge is 0.381 e. The zero-order chi connectivity index (χ0) is 14.6. The van der Waals surface area contributed by atoms with E-state index in [2.05, 4.69) is 43.0 Å². The van der Waals surface area contributed by atoms with Gasteiger partial charge >= 0.3 is 0 Å². The van der Waals surface area contributed by atoms with Gasteiger partial charge in [0, 0.05) is 32.2 Å². The topological polar surface area (TPSA) is 50.2 Å². The van der Waals surface area contributed by atoms with E-state index in [0.717, 1.165) is 13.1 Å². The van der Waals surface area contributed by atoms with Gasteiger partial charge in [-0.15, -0.1) is 0 Å². The molecule has 1 aromatic rings. The van der Waals surface area contributed by atoms with Crippen LogP contribution in [-0.2, 0) is 7.05 Å². The van der Waals surface area contributed by atoms with Crippen LogP contribution in [-0.4, -0.2) is 39.9 Å². The van der Waals surface area contributed by atoms with Crippen LogP contribution in [0.1, 0.15) is 27.7 Å². The first kappa shape index (κ1) is 16.0. The highest BCUT2D eigenvalue weighted by Crippen LogP contribution is 2.14. The van der Waals surface area contributed by atoms with E-state index in [1.165, 1.54) is 4.68 Å². The zero-order valence-corrected chi connectivity index (χ0v) is 13.0. The highest BCUT2D eigenvalue weighted by molar-refractivity contribution is 6.32. The van der Waals surface area contributed by atoms with Crippen molar-refractivity contribution >= 4 is 17.3 Å². The third-order valence-corrected chi connectivity index (χ3v) is 3.46. The van der Waals surface area contributed by atoms with Crippen LogP contribution in [0.2, 0.25) is 5.02 Å². The lowest BCUT2D eigenvalue weighted by Crippen LogP contribution is -2.40. The van der Waals surface area contributed by atoms with Crippen LogP contribution >= 0.6 is 11.6 Å². The van der Waals surface area contributed by atoms with Crippen molar-refractivity contribution in [1.29, 1.82) is 0 Å². The van der Waals surface area contributed by atoms with E-state index in [-0.39, 0.29) is 10.6 Å². The Morgan fingerprint density at radius 3 is 2.47 bits per heavy atom. The van der Waals surface area contributed by atoms with Gasteiger partial charge in [-0.3, -0.25) is 9.69 Å².